The Morgan fingerprint density at radius 2 is 2.14 bits per heavy atom. The minimum absolute atomic E-state index is 0.196. The van der Waals surface area contributed by atoms with Crippen LogP contribution in [0.5, 0.6) is 0 Å². The normalized spacial score (nSPS) is 18.9. The van der Waals surface area contributed by atoms with E-state index < -0.39 is 0 Å². The van der Waals surface area contributed by atoms with Gasteiger partial charge in [0.15, 0.2) is 0 Å². The number of nitrogens with one attached hydrogen (secondary N) is 2. The van der Waals surface area contributed by atoms with Crippen molar-refractivity contribution in [1.29, 1.82) is 0 Å². The predicted molar refractivity (Wildman–Crippen MR) is 88.0 cm³/mol. The van der Waals surface area contributed by atoms with Crippen molar-refractivity contribution in [3.8, 4) is 0 Å². The minimum Gasteiger partial charge on any atom is -0.376 e. The minimum atomic E-state index is 0.196. The van der Waals surface area contributed by atoms with Crippen LogP contribution in [0.4, 0.5) is 11.8 Å². The molecule has 5 nitrogen and oxygen atoms in total. The summed E-state index contributed by atoms with van der Waals surface area (Å²) in [6.45, 7) is 3.75. The van der Waals surface area contributed by atoms with Crippen molar-refractivity contribution in [2.75, 3.05) is 23.8 Å². The molecule has 2 atom stereocenters. The van der Waals surface area contributed by atoms with Crippen molar-refractivity contribution in [2.24, 2.45) is 0 Å². The topological polar surface area (TPSA) is 59.1 Å². The number of rotatable bonds is 6. The molecule has 22 heavy (non-hydrogen) atoms. The fourth-order valence-electron chi connectivity index (χ4n) is 2.58. The van der Waals surface area contributed by atoms with Gasteiger partial charge in [0.05, 0.1) is 6.10 Å². The van der Waals surface area contributed by atoms with Crippen LogP contribution in [0, 0.1) is 0 Å². The Labute approximate surface area is 131 Å². The smallest absolute Gasteiger partial charge is 0.224 e. The van der Waals surface area contributed by atoms with E-state index in [0.29, 0.717) is 5.95 Å². The predicted octanol–water partition coefficient (Wildman–Crippen LogP) is 3.24. The van der Waals surface area contributed by atoms with Gasteiger partial charge in [-0.25, -0.2) is 4.98 Å². The highest BCUT2D eigenvalue weighted by atomic mass is 16.5. The number of aromatic nitrogens is 2. The van der Waals surface area contributed by atoms with E-state index in [4.69, 9.17) is 4.74 Å². The monoisotopic (exact) mass is 298 g/mol. The summed E-state index contributed by atoms with van der Waals surface area (Å²) in [5.74, 6) is 1.46. The highest BCUT2D eigenvalue weighted by Crippen LogP contribution is 2.18. The molecule has 116 valence electrons. The van der Waals surface area contributed by atoms with Crippen LogP contribution in [0.2, 0.25) is 0 Å². The zero-order valence-electron chi connectivity index (χ0n) is 12.8. The number of hydrogen-bond acceptors (Lipinski definition) is 5. The van der Waals surface area contributed by atoms with E-state index in [-0.39, 0.29) is 12.1 Å². The summed E-state index contributed by atoms with van der Waals surface area (Å²) in [4.78, 5) is 8.77. The SMILES string of the molecule is CC(Nc1ccnc(NCC2CCCO2)n1)c1ccccc1. The zero-order valence-corrected chi connectivity index (χ0v) is 12.8. The van der Waals surface area contributed by atoms with Gasteiger partial charge in [0, 0.05) is 25.4 Å². The largest absolute Gasteiger partial charge is 0.376 e. The molecule has 1 fully saturated rings. The van der Waals surface area contributed by atoms with Crippen LogP contribution in [-0.2, 0) is 4.74 Å². The number of nitrogens with zero attached hydrogens (tertiary/aromatic N) is 2. The second-order valence-corrected chi connectivity index (χ2v) is 5.56. The van der Waals surface area contributed by atoms with Gasteiger partial charge in [-0.05, 0) is 31.4 Å². The van der Waals surface area contributed by atoms with Crippen LogP contribution in [0.3, 0.4) is 0 Å². The molecule has 0 amide bonds. The van der Waals surface area contributed by atoms with Crippen molar-refractivity contribution < 1.29 is 4.74 Å². The number of anilines is 2. The quantitative estimate of drug-likeness (QED) is 0.857. The maximum atomic E-state index is 5.59. The second-order valence-electron chi connectivity index (χ2n) is 5.56. The highest BCUT2D eigenvalue weighted by molar-refractivity contribution is 5.42. The molecule has 1 aliphatic rings. The van der Waals surface area contributed by atoms with Gasteiger partial charge < -0.3 is 15.4 Å². The van der Waals surface area contributed by atoms with Crippen molar-refractivity contribution in [3.63, 3.8) is 0 Å². The standard InChI is InChI=1S/C17H22N4O/c1-13(14-6-3-2-4-7-14)20-16-9-10-18-17(21-16)19-12-15-8-5-11-22-15/h2-4,6-7,9-10,13,15H,5,8,11-12H2,1H3,(H2,18,19,20,21). The second kappa shape index (κ2) is 7.22. The van der Waals surface area contributed by atoms with E-state index in [2.05, 4.69) is 39.7 Å². The van der Waals surface area contributed by atoms with Crippen molar-refractivity contribution in [2.45, 2.75) is 31.9 Å². The van der Waals surface area contributed by atoms with Crippen LogP contribution < -0.4 is 10.6 Å². The lowest BCUT2D eigenvalue weighted by Gasteiger charge is -2.16. The van der Waals surface area contributed by atoms with Gasteiger partial charge >= 0.3 is 0 Å². The molecule has 5 heteroatoms. The molecular weight excluding hydrogens is 276 g/mol. The molecule has 2 N–H and O–H groups in total. The molecule has 1 saturated heterocycles. The molecule has 3 rings (SSSR count). The molecule has 0 saturated carbocycles. The average Bonchev–Trinajstić information content (AvgIpc) is 3.08. The zero-order chi connectivity index (χ0) is 15.2. The molecule has 0 bridgehead atoms. The van der Waals surface area contributed by atoms with E-state index in [1.807, 2.05) is 24.3 Å². The molecule has 2 aromatic rings. The lowest BCUT2D eigenvalue weighted by atomic mass is 10.1. The third-order valence-electron chi connectivity index (χ3n) is 3.83. The van der Waals surface area contributed by atoms with Crippen molar-refractivity contribution in [3.05, 3.63) is 48.2 Å². The first-order valence-corrected chi connectivity index (χ1v) is 7.81. The van der Waals surface area contributed by atoms with Crippen molar-refractivity contribution in [1.82, 2.24) is 9.97 Å². The van der Waals surface area contributed by atoms with Crippen LogP contribution in [0.15, 0.2) is 42.6 Å². The van der Waals surface area contributed by atoms with Gasteiger partial charge in [0.1, 0.15) is 5.82 Å². The maximum absolute atomic E-state index is 5.59. The fourth-order valence-corrected chi connectivity index (χ4v) is 2.58. The Bertz CT molecular complexity index is 584. The van der Waals surface area contributed by atoms with E-state index in [9.17, 15) is 0 Å². The molecule has 1 aromatic carbocycles. The lowest BCUT2D eigenvalue weighted by molar-refractivity contribution is 0.120. The van der Waals surface area contributed by atoms with Gasteiger partial charge in [0.25, 0.3) is 0 Å². The summed E-state index contributed by atoms with van der Waals surface area (Å²) in [5, 5.41) is 6.66. The van der Waals surface area contributed by atoms with E-state index in [1.165, 1.54) is 5.56 Å². The van der Waals surface area contributed by atoms with Gasteiger partial charge in [0.2, 0.25) is 5.95 Å². The number of hydrogen-bond donors (Lipinski definition) is 2. The van der Waals surface area contributed by atoms with Gasteiger partial charge in [-0.2, -0.15) is 4.98 Å². The lowest BCUT2D eigenvalue weighted by Crippen LogP contribution is -2.20. The first kappa shape index (κ1) is 14.8. The molecule has 1 aliphatic heterocycles. The molecule has 0 spiro atoms. The molecule has 0 radical (unpaired) electrons. The van der Waals surface area contributed by atoms with Crippen LogP contribution in [-0.4, -0.2) is 29.2 Å². The van der Waals surface area contributed by atoms with E-state index in [0.717, 1.165) is 31.8 Å². The molecular formula is C17H22N4O. The van der Waals surface area contributed by atoms with Crippen molar-refractivity contribution >= 4 is 11.8 Å². The van der Waals surface area contributed by atoms with Crippen LogP contribution >= 0.6 is 0 Å². The van der Waals surface area contributed by atoms with Gasteiger partial charge in [-0.3, -0.25) is 0 Å². The van der Waals surface area contributed by atoms with E-state index >= 15 is 0 Å². The van der Waals surface area contributed by atoms with Gasteiger partial charge in [-0.1, -0.05) is 30.3 Å². The van der Waals surface area contributed by atoms with Crippen LogP contribution in [0.25, 0.3) is 0 Å². The summed E-state index contributed by atoms with van der Waals surface area (Å²) >= 11 is 0. The Kier molecular flexibility index (Phi) is 4.85. The van der Waals surface area contributed by atoms with E-state index in [1.54, 1.807) is 6.20 Å². The van der Waals surface area contributed by atoms with Crippen LogP contribution in [0.1, 0.15) is 31.4 Å². The number of ether oxygens (including phenoxy) is 1. The Morgan fingerprint density at radius 1 is 1.27 bits per heavy atom. The summed E-state index contributed by atoms with van der Waals surface area (Å²) < 4.78 is 5.59. The third-order valence-corrected chi connectivity index (χ3v) is 3.83. The molecule has 1 aromatic heterocycles. The maximum Gasteiger partial charge on any atom is 0.224 e. The Morgan fingerprint density at radius 3 is 2.91 bits per heavy atom. The number of benzene rings is 1. The highest BCUT2D eigenvalue weighted by Gasteiger charge is 2.15. The average molecular weight is 298 g/mol. The summed E-state index contributed by atoms with van der Waals surface area (Å²) in [6, 6.07) is 12.4. The Balaban J connectivity index is 1.58. The first-order chi connectivity index (χ1) is 10.8. The van der Waals surface area contributed by atoms with Gasteiger partial charge in [-0.15, -0.1) is 0 Å². The third kappa shape index (κ3) is 3.95. The first-order valence-electron chi connectivity index (χ1n) is 7.81. The summed E-state index contributed by atoms with van der Waals surface area (Å²) in [5.41, 5.74) is 1.23. The summed E-state index contributed by atoms with van der Waals surface area (Å²) in [6.07, 6.45) is 4.30. The fraction of sp³-hybridized carbons (Fsp3) is 0.412. The Hall–Kier alpha value is -2.14. The molecule has 0 aliphatic carbocycles. The molecule has 2 heterocycles. The summed E-state index contributed by atoms with van der Waals surface area (Å²) in [7, 11) is 0. The molecule has 2 unspecified atom stereocenters.